The van der Waals surface area contributed by atoms with E-state index in [9.17, 15) is 0 Å². The van der Waals surface area contributed by atoms with Crippen molar-refractivity contribution in [3.05, 3.63) is 29.8 Å². The molecule has 1 aromatic rings. The Bertz CT molecular complexity index is 370. The molecular weight excluding hydrogens is 244 g/mol. The van der Waals surface area contributed by atoms with Gasteiger partial charge in [-0.15, -0.1) is 0 Å². The summed E-state index contributed by atoms with van der Waals surface area (Å²) in [5.74, 6) is 3.02. The monoisotopic (exact) mass is 264 g/mol. The molecule has 0 fully saturated rings. The van der Waals surface area contributed by atoms with Gasteiger partial charge in [0.05, 0.1) is 19.1 Å². The van der Waals surface area contributed by atoms with Crippen LogP contribution in [0.3, 0.4) is 0 Å². The third kappa shape index (κ3) is 6.53. The highest BCUT2D eigenvalue weighted by Gasteiger charge is 1.96. The molecule has 0 aliphatic rings. The Morgan fingerprint density at radius 2 is 1.94 bits per heavy atom. The van der Waals surface area contributed by atoms with Crippen molar-refractivity contribution in [1.82, 2.24) is 4.90 Å². The van der Waals surface area contributed by atoms with Gasteiger partial charge < -0.3 is 9.64 Å². The summed E-state index contributed by atoms with van der Waals surface area (Å²) in [6, 6.07) is 9.87. The molecule has 0 radical (unpaired) electrons. The average molecular weight is 264 g/mol. The van der Waals surface area contributed by atoms with Crippen LogP contribution in [0.25, 0.3) is 0 Å². The number of hydrogen-bond donors (Lipinski definition) is 0. The predicted molar refractivity (Wildman–Crippen MR) is 77.1 cm³/mol. The van der Waals surface area contributed by atoms with Gasteiger partial charge in [0.2, 0.25) is 0 Å². The van der Waals surface area contributed by atoms with E-state index in [1.807, 2.05) is 36.0 Å². The average Bonchev–Trinajstić information content (AvgIpc) is 2.35. The maximum atomic E-state index is 8.56. The molecule has 0 N–H and O–H groups in total. The SMILES string of the molecule is CN(C)CCSCCOc1ccc(CC#N)cc1. The van der Waals surface area contributed by atoms with Gasteiger partial charge in [-0.05, 0) is 31.8 Å². The Balaban J connectivity index is 2.14. The Labute approximate surface area is 114 Å². The maximum Gasteiger partial charge on any atom is 0.119 e. The number of ether oxygens (including phenoxy) is 1. The Morgan fingerprint density at radius 3 is 2.56 bits per heavy atom. The van der Waals surface area contributed by atoms with Crippen LogP contribution in [-0.4, -0.2) is 43.7 Å². The second kappa shape index (κ2) is 8.84. The Morgan fingerprint density at radius 1 is 1.22 bits per heavy atom. The number of thioether (sulfide) groups is 1. The lowest BCUT2D eigenvalue weighted by atomic mass is 10.2. The van der Waals surface area contributed by atoms with Crippen LogP contribution in [0.1, 0.15) is 5.56 Å². The highest BCUT2D eigenvalue weighted by atomic mass is 32.2. The molecule has 0 saturated heterocycles. The summed E-state index contributed by atoms with van der Waals surface area (Å²) in [6.07, 6.45) is 0.459. The fourth-order valence-corrected chi connectivity index (χ4v) is 2.26. The van der Waals surface area contributed by atoms with Gasteiger partial charge in [-0.3, -0.25) is 0 Å². The topological polar surface area (TPSA) is 36.3 Å². The minimum atomic E-state index is 0.459. The van der Waals surface area contributed by atoms with E-state index in [2.05, 4.69) is 25.1 Å². The smallest absolute Gasteiger partial charge is 0.119 e. The minimum Gasteiger partial charge on any atom is -0.493 e. The van der Waals surface area contributed by atoms with E-state index in [1.165, 1.54) is 0 Å². The molecule has 1 aromatic carbocycles. The molecule has 0 aliphatic carbocycles. The van der Waals surface area contributed by atoms with E-state index >= 15 is 0 Å². The van der Waals surface area contributed by atoms with E-state index in [1.54, 1.807) is 0 Å². The van der Waals surface area contributed by atoms with Crippen molar-refractivity contribution in [2.24, 2.45) is 0 Å². The Kier molecular flexibility index (Phi) is 7.31. The van der Waals surface area contributed by atoms with E-state index in [4.69, 9.17) is 10.00 Å². The fourth-order valence-electron chi connectivity index (χ4n) is 1.36. The number of benzene rings is 1. The number of hydrogen-bond acceptors (Lipinski definition) is 4. The zero-order chi connectivity index (χ0) is 13.2. The molecule has 18 heavy (non-hydrogen) atoms. The first-order valence-electron chi connectivity index (χ1n) is 6.03. The summed E-state index contributed by atoms with van der Waals surface area (Å²) in [7, 11) is 4.17. The molecule has 0 bridgehead atoms. The van der Waals surface area contributed by atoms with Crippen LogP contribution >= 0.6 is 11.8 Å². The second-order valence-electron chi connectivity index (χ2n) is 4.24. The number of nitrogens with zero attached hydrogens (tertiary/aromatic N) is 2. The van der Waals surface area contributed by atoms with Crippen molar-refractivity contribution in [2.45, 2.75) is 6.42 Å². The second-order valence-corrected chi connectivity index (χ2v) is 5.47. The zero-order valence-electron chi connectivity index (χ0n) is 11.1. The Hall–Kier alpha value is -1.18. The van der Waals surface area contributed by atoms with Gasteiger partial charge in [0, 0.05) is 18.1 Å². The third-order valence-electron chi connectivity index (χ3n) is 2.39. The van der Waals surface area contributed by atoms with Crippen molar-refractivity contribution in [2.75, 3.05) is 38.8 Å². The lowest BCUT2D eigenvalue weighted by molar-refractivity contribution is 0.343. The predicted octanol–water partition coefficient (Wildman–Crippen LogP) is 2.43. The van der Waals surface area contributed by atoms with Gasteiger partial charge in [-0.25, -0.2) is 0 Å². The molecule has 0 aliphatic heterocycles. The first-order valence-corrected chi connectivity index (χ1v) is 7.19. The van der Waals surface area contributed by atoms with Gasteiger partial charge in [0.15, 0.2) is 0 Å². The van der Waals surface area contributed by atoms with Crippen LogP contribution in [0.4, 0.5) is 0 Å². The van der Waals surface area contributed by atoms with Crippen molar-refractivity contribution in [3.63, 3.8) is 0 Å². The molecule has 1 rings (SSSR count). The van der Waals surface area contributed by atoms with Crippen LogP contribution < -0.4 is 4.74 Å². The summed E-state index contributed by atoms with van der Waals surface area (Å²) in [5, 5.41) is 8.56. The zero-order valence-corrected chi connectivity index (χ0v) is 11.9. The van der Waals surface area contributed by atoms with E-state index < -0.39 is 0 Å². The van der Waals surface area contributed by atoms with Gasteiger partial charge in [-0.2, -0.15) is 17.0 Å². The van der Waals surface area contributed by atoms with Crippen LogP contribution in [-0.2, 0) is 6.42 Å². The largest absolute Gasteiger partial charge is 0.493 e. The molecular formula is C14H20N2OS. The molecule has 0 atom stereocenters. The summed E-state index contributed by atoms with van der Waals surface area (Å²) in [5.41, 5.74) is 1.03. The highest BCUT2D eigenvalue weighted by Crippen LogP contribution is 2.13. The van der Waals surface area contributed by atoms with Gasteiger partial charge >= 0.3 is 0 Å². The molecule has 0 amide bonds. The van der Waals surface area contributed by atoms with Crippen molar-refractivity contribution in [1.29, 1.82) is 5.26 Å². The van der Waals surface area contributed by atoms with Gasteiger partial charge in [-0.1, -0.05) is 12.1 Å². The molecule has 0 aromatic heterocycles. The molecule has 3 nitrogen and oxygen atoms in total. The first kappa shape index (κ1) is 14.9. The van der Waals surface area contributed by atoms with Gasteiger partial charge in [0.25, 0.3) is 0 Å². The standard InChI is InChI=1S/C14H20N2OS/c1-16(2)9-11-18-12-10-17-14-5-3-13(4-6-14)7-8-15/h3-6H,7,9-12H2,1-2H3. The molecule has 4 heteroatoms. The summed E-state index contributed by atoms with van der Waals surface area (Å²) >= 11 is 1.90. The molecule has 0 spiro atoms. The van der Waals surface area contributed by atoms with Crippen molar-refractivity contribution in [3.8, 4) is 11.8 Å². The molecule has 0 heterocycles. The molecule has 0 unspecified atom stereocenters. The number of nitriles is 1. The lowest BCUT2D eigenvalue weighted by Crippen LogP contribution is -2.15. The van der Waals surface area contributed by atoms with Crippen LogP contribution in [0.2, 0.25) is 0 Å². The van der Waals surface area contributed by atoms with E-state index in [-0.39, 0.29) is 0 Å². The fraction of sp³-hybridized carbons (Fsp3) is 0.500. The highest BCUT2D eigenvalue weighted by molar-refractivity contribution is 7.99. The minimum absolute atomic E-state index is 0.459. The summed E-state index contributed by atoms with van der Waals surface area (Å²) in [4.78, 5) is 2.18. The van der Waals surface area contributed by atoms with Gasteiger partial charge in [0.1, 0.15) is 5.75 Å². The summed E-state index contributed by atoms with van der Waals surface area (Å²) in [6.45, 7) is 1.84. The molecule has 0 saturated carbocycles. The molecule has 98 valence electrons. The quantitative estimate of drug-likeness (QED) is 0.676. The van der Waals surface area contributed by atoms with Crippen LogP contribution in [0.5, 0.6) is 5.75 Å². The van der Waals surface area contributed by atoms with E-state index in [0.717, 1.165) is 36.0 Å². The van der Waals surface area contributed by atoms with Crippen LogP contribution in [0, 0.1) is 11.3 Å². The maximum absolute atomic E-state index is 8.56. The van der Waals surface area contributed by atoms with Crippen molar-refractivity contribution < 1.29 is 4.74 Å². The van der Waals surface area contributed by atoms with Crippen molar-refractivity contribution >= 4 is 11.8 Å². The van der Waals surface area contributed by atoms with Crippen LogP contribution in [0.15, 0.2) is 24.3 Å². The van der Waals surface area contributed by atoms with E-state index in [0.29, 0.717) is 6.42 Å². The first-order chi connectivity index (χ1) is 8.72. The summed E-state index contributed by atoms with van der Waals surface area (Å²) < 4.78 is 5.63. The normalized spacial score (nSPS) is 10.3. The number of rotatable bonds is 8. The third-order valence-corrected chi connectivity index (χ3v) is 3.31. The lowest BCUT2D eigenvalue weighted by Gasteiger charge is -2.09.